The number of nitrogens with one attached hydrogen (secondary N) is 2. The Morgan fingerprint density at radius 2 is 1.95 bits per heavy atom. The van der Waals surface area contributed by atoms with Crippen molar-refractivity contribution >= 4 is 11.6 Å². The highest BCUT2D eigenvalue weighted by molar-refractivity contribution is 6.02. The van der Waals surface area contributed by atoms with Gasteiger partial charge in [0.1, 0.15) is 6.04 Å². The van der Waals surface area contributed by atoms with E-state index in [-0.39, 0.29) is 11.9 Å². The molecule has 1 aromatic rings. The van der Waals surface area contributed by atoms with Crippen molar-refractivity contribution in [2.24, 2.45) is 0 Å². The second-order valence-electron chi connectivity index (χ2n) is 6.08. The summed E-state index contributed by atoms with van der Waals surface area (Å²) in [6, 6.07) is 8.84. The van der Waals surface area contributed by atoms with Crippen LogP contribution in [0.5, 0.6) is 0 Å². The highest BCUT2D eigenvalue weighted by Gasteiger charge is 2.32. The van der Waals surface area contributed by atoms with Gasteiger partial charge in [-0.3, -0.25) is 10.1 Å². The van der Waals surface area contributed by atoms with E-state index in [9.17, 15) is 4.79 Å². The minimum atomic E-state index is -0.179. The number of benzene rings is 1. The van der Waals surface area contributed by atoms with Gasteiger partial charge < -0.3 is 10.2 Å². The smallest absolute Gasteiger partial charge is 0.246 e. The lowest BCUT2D eigenvalue weighted by Crippen LogP contribution is -2.46. The summed E-state index contributed by atoms with van der Waals surface area (Å²) in [5.41, 5.74) is 2.04. The molecule has 108 valence electrons. The standard InChI is InChI=1S/C16H23N3O/c1-11(2)19-9-7-12(8-10-19)17-15-13-5-3-4-6-14(13)18-16(15)20/h3-6,11-12,15,17H,7-10H2,1-2H3,(H,18,20). The molecule has 1 unspecified atom stereocenters. The minimum absolute atomic E-state index is 0.0810. The molecule has 2 heterocycles. The first kappa shape index (κ1) is 13.6. The number of carbonyl (C=O) groups is 1. The fourth-order valence-electron chi connectivity index (χ4n) is 3.19. The van der Waals surface area contributed by atoms with Crippen LogP contribution in [-0.4, -0.2) is 36.0 Å². The monoisotopic (exact) mass is 273 g/mol. The summed E-state index contributed by atoms with van der Waals surface area (Å²) in [6.07, 6.45) is 2.23. The number of piperidine rings is 1. The van der Waals surface area contributed by atoms with E-state index in [1.54, 1.807) is 0 Å². The van der Waals surface area contributed by atoms with Gasteiger partial charge in [0.05, 0.1) is 0 Å². The molecule has 2 aliphatic rings. The van der Waals surface area contributed by atoms with Gasteiger partial charge in [0.2, 0.25) is 5.91 Å². The van der Waals surface area contributed by atoms with Crippen molar-refractivity contribution in [1.29, 1.82) is 0 Å². The molecule has 1 amide bonds. The molecule has 0 aliphatic carbocycles. The Labute approximate surface area is 120 Å². The lowest BCUT2D eigenvalue weighted by Gasteiger charge is -2.35. The molecular formula is C16H23N3O. The lowest BCUT2D eigenvalue weighted by molar-refractivity contribution is -0.118. The quantitative estimate of drug-likeness (QED) is 0.887. The first-order chi connectivity index (χ1) is 9.65. The van der Waals surface area contributed by atoms with Crippen LogP contribution >= 0.6 is 0 Å². The van der Waals surface area contributed by atoms with Gasteiger partial charge in [0, 0.05) is 23.3 Å². The Morgan fingerprint density at radius 3 is 2.65 bits per heavy atom. The molecule has 4 nitrogen and oxygen atoms in total. The number of amides is 1. The second kappa shape index (κ2) is 5.54. The summed E-state index contributed by atoms with van der Waals surface area (Å²) in [5.74, 6) is 0.0810. The van der Waals surface area contributed by atoms with E-state index in [1.165, 1.54) is 0 Å². The number of hydrogen-bond donors (Lipinski definition) is 2. The summed E-state index contributed by atoms with van der Waals surface area (Å²) in [6.45, 7) is 6.72. The topological polar surface area (TPSA) is 44.4 Å². The van der Waals surface area contributed by atoms with Gasteiger partial charge in [-0.2, -0.15) is 0 Å². The Kier molecular flexibility index (Phi) is 3.76. The van der Waals surface area contributed by atoms with Crippen molar-refractivity contribution in [3.05, 3.63) is 29.8 Å². The van der Waals surface area contributed by atoms with Gasteiger partial charge in [-0.05, 0) is 45.8 Å². The lowest BCUT2D eigenvalue weighted by atomic mass is 10.0. The van der Waals surface area contributed by atoms with Crippen LogP contribution in [0, 0.1) is 0 Å². The Hall–Kier alpha value is -1.39. The van der Waals surface area contributed by atoms with Crippen molar-refractivity contribution < 1.29 is 4.79 Å². The van der Waals surface area contributed by atoms with Crippen LogP contribution < -0.4 is 10.6 Å². The average Bonchev–Trinajstić information content (AvgIpc) is 2.76. The number of carbonyl (C=O) groups excluding carboxylic acids is 1. The van der Waals surface area contributed by atoms with Crippen molar-refractivity contribution in [1.82, 2.24) is 10.2 Å². The van der Waals surface area contributed by atoms with Crippen LogP contribution in [0.4, 0.5) is 5.69 Å². The maximum absolute atomic E-state index is 12.1. The SMILES string of the molecule is CC(C)N1CCC(NC2C(=O)Nc3ccccc32)CC1. The molecule has 0 radical (unpaired) electrons. The van der Waals surface area contributed by atoms with E-state index in [0.717, 1.165) is 37.2 Å². The van der Waals surface area contributed by atoms with E-state index in [0.29, 0.717) is 12.1 Å². The number of rotatable bonds is 3. The Morgan fingerprint density at radius 1 is 1.25 bits per heavy atom. The van der Waals surface area contributed by atoms with Gasteiger partial charge in [-0.15, -0.1) is 0 Å². The first-order valence-corrected chi connectivity index (χ1v) is 7.55. The number of para-hydroxylation sites is 1. The third kappa shape index (κ3) is 2.58. The van der Waals surface area contributed by atoms with Crippen LogP contribution in [0.1, 0.15) is 38.3 Å². The van der Waals surface area contributed by atoms with E-state index in [1.807, 2.05) is 24.3 Å². The van der Waals surface area contributed by atoms with Crippen molar-refractivity contribution in [2.45, 2.75) is 44.8 Å². The largest absolute Gasteiger partial charge is 0.324 e. The van der Waals surface area contributed by atoms with Crippen LogP contribution in [0.3, 0.4) is 0 Å². The van der Waals surface area contributed by atoms with E-state index in [2.05, 4.69) is 29.4 Å². The number of likely N-dealkylation sites (tertiary alicyclic amines) is 1. The van der Waals surface area contributed by atoms with Gasteiger partial charge >= 0.3 is 0 Å². The molecule has 20 heavy (non-hydrogen) atoms. The maximum atomic E-state index is 12.1. The molecule has 1 fully saturated rings. The molecule has 1 saturated heterocycles. The Bertz CT molecular complexity index is 492. The highest BCUT2D eigenvalue weighted by Crippen LogP contribution is 2.31. The summed E-state index contributed by atoms with van der Waals surface area (Å²) in [5, 5.41) is 6.50. The molecule has 2 aliphatic heterocycles. The first-order valence-electron chi connectivity index (χ1n) is 7.55. The molecule has 1 atom stereocenters. The third-order valence-electron chi connectivity index (χ3n) is 4.45. The fourth-order valence-corrected chi connectivity index (χ4v) is 3.19. The Balaban J connectivity index is 1.63. The highest BCUT2D eigenvalue weighted by atomic mass is 16.2. The fraction of sp³-hybridized carbons (Fsp3) is 0.562. The molecule has 0 aromatic heterocycles. The molecule has 3 rings (SSSR count). The van der Waals surface area contributed by atoms with Gasteiger partial charge in [-0.25, -0.2) is 0 Å². The van der Waals surface area contributed by atoms with Crippen LogP contribution in [0.25, 0.3) is 0 Å². The van der Waals surface area contributed by atoms with Crippen LogP contribution in [0.2, 0.25) is 0 Å². The minimum Gasteiger partial charge on any atom is -0.324 e. The average molecular weight is 273 g/mol. The molecular weight excluding hydrogens is 250 g/mol. The van der Waals surface area contributed by atoms with Crippen molar-refractivity contribution in [2.75, 3.05) is 18.4 Å². The van der Waals surface area contributed by atoms with Gasteiger partial charge in [0.25, 0.3) is 0 Å². The summed E-state index contributed by atoms with van der Waals surface area (Å²) in [4.78, 5) is 14.6. The normalized spacial score (nSPS) is 23.9. The molecule has 0 bridgehead atoms. The molecule has 0 saturated carbocycles. The van der Waals surface area contributed by atoms with Gasteiger partial charge in [0.15, 0.2) is 0 Å². The summed E-state index contributed by atoms with van der Waals surface area (Å²) < 4.78 is 0. The number of hydrogen-bond acceptors (Lipinski definition) is 3. The molecule has 2 N–H and O–H groups in total. The van der Waals surface area contributed by atoms with E-state index in [4.69, 9.17) is 0 Å². The van der Waals surface area contributed by atoms with E-state index >= 15 is 0 Å². The zero-order valence-corrected chi connectivity index (χ0v) is 12.2. The maximum Gasteiger partial charge on any atom is 0.246 e. The third-order valence-corrected chi connectivity index (χ3v) is 4.45. The second-order valence-corrected chi connectivity index (χ2v) is 6.08. The number of fused-ring (bicyclic) bond motifs is 1. The zero-order chi connectivity index (χ0) is 14.1. The summed E-state index contributed by atoms with van der Waals surface area (Å²) >= 11 is 0. The van der Waals surface area contributed by atoms with Gasteiger partial charge in [-0.1, -0.05) is 18.2 Å². The van der Waals surface area contributed by atoms with Crippen LogP contribution in [0.15, 0.2) is 24.3 Å². The summed E-state index contributed by atoms with van der Waals surface area (Å²) in [7, 11) is 0. The molecule has 4 heteroatoms. The number of anilines is 1. The molecule has 0 spiro atoms. The van der Waals surface area contributed by atoms with Crippen molar-refractivity contribution in [3.8, 4) is 0 Å². The predicted molar refractivity (Wildman–Crippen MR) is 80.7 cm³/mol. The van der Waals surface area contributed by atoms with Crippen molar-refractivity contribution in [3.63, 3.8) is 0 Å². The van der Waals surface area contributed by atoms with Crippen LogP contribution in [-0.2, 0) is 4.79 Å². The zero-order valence-electron chi connectivity index (χ0n) is 12.2. The molecule has 1 aromatic carbocycles. The number of nitrogens with zero attached hydrogens (tertiary/aromatic N) is 1. The van der Waals surface area contributed by atoms with E-state index < -0.39 is 0 Å². The predicted octanol–water partition coefficient (Wildman–Crippen LogP) is 2.14.